The summed E-state index contributed by atoms with van der Waals surface area (Å²) in [6.07, 6.45) is 4.91. The standard InChI is InChI=1S/C18H19N3OS/c1-3-7-23-18-15(5-4-6-19-18)16(22)10-13-9-14-8-12(2)21-17(14)20-11-13/h4-6,8-9,11H,3,7,10H2,1-2H3,(H,20,21). The maximum absolute atomic E-state index is 12.7. The van der Waals surface area contributed by atoms with E-state index in [0.29, 0.717) is 12.0 Å². The molecule has 0 saturated heterocycles. The highest BCUT2D eigenvalue weighted by atomic mass is 32.2. The van der Waals surface area contributed by atoms with Crippen molar-refractivity contribution < 1.29 is 4.79 Å². The fourth-order valence-corrected chi connectivity index (χ4v) is 3.36. The van der Waals surface area contributed by atoms with Gasteiger partial charge in [-0.15, -0.1) is 11.8 Å². The Bertz CT molecular complexity index is 841. The van der Waals surface area contributed by atoms with E-state index in [0.717, 1.165) is 39.5 Å². The van der Waals surface area contributed by atoms with Crippen molar-refractivity contribution in [3.8, 4) is 0 Å². The van der Waals surface area contributed by atoms with E-state index in [2.05, 4.69) is 21.9 Å². The number of Topliss-reactive ketones (excluding diaryl/α,β-unsaturated/α-hetero) is 1. The highest BCUT2D eigenvalue weighted by Crippen LogP contribution is 2.22. The number of hydrogen-bond acceptors (Lipinski definition) is 4. The predicted molar refractivity (Wildman–Crippen MR) is 94.1 cm³/mol. The maximum atomic E-state index is 12.7. The number of thioether (sulfide) groups is 1. The molecule has 1 N–H and O–H groups in total. The summed E-state index contributed by atoms with van der Waals surface area (Å²) in [7, 11) is 0. The van der Waals surface area contributed by atoms with E-state index in [1.807, 2.05) is 31.2 Å². The second-order valence-electron chi connectivity index (χ2n) is 5.54. The first kappa shape index (κ1) is 15.7. The summed E-state index contributed by atoms with van der Waals surface area (Å²) in [5.74, 6) is 1.05. The molecule has 3 aromatic heterocycles. The van der Waals surface area contributed by atoms with Crippen molar-refractivity contribution in [2.75, 3.05) is 5.75 Å². The molecule has 0 amide bonds. The predicted octanol–water partition coefficient (Wildman–Crippen LogP) is 4.19. The molecule has 0 saturated carbocycles. The van der Waals surface area contributed by atoms with Gasteiger partial charge in [-0.25, -0.2) is 9.97 Å². The SMILES string of the molecule is CCCSc1ncccc1C(=O)Cc1cnc2[nH]c(C)cc2c1. The number of nitrogens with zero attached hydrogens (tertiary/aromatic N) is 2. The third-order valence-electron chi connectivity index (χ3n) is 3.54. The summed E-state index contributed by atoms with van der Waals surface area (Å²) < 4.78 is 0. The molecule has 3 rings (SSSR count). The summed E-state index contributed by atoms with van der Waals surface area (Å²) in [6.45, 7) is 4.12. The van der Waals surface area contributed by atoms with Gasteiger partial charge in [0.15, 0.2) is 5.78 Å². The minimum Gasteiger partial charge on any atom is -0.344 e. The van der Waals surface area contributed by atoms with Crippen molar-refractivity contribution in [1.82, 2.24) is 15.0 Å². The zero-order valence-corrected chi connectivity index (χ0v) is 14.1. The van der Waals surface area contributed by atoms with Crippen LogP contribution in [0.1, 0.15) is 35.0 Å². The van der Waals surface area contributed by atoms with Crippen LogP contribution in [0.25, 0.3) is 11.0 Å². The average Bonchev–Trinajstić information content (AvgIpc) is 2.92. The number of rotatable bonds is 6. The Labute approximate surface area is 139 Å². The van der Waals surface area contributed by atoms with E-state index < -0.39 is 0 Å². The van der Waals surface area contributed by atoms with Crippen LogP contribution in [0, 0.1) is 6.92 Å². The van der Waals surface area contributed by atoms with E-state index in [4.69, 9.17) is 0 Å². The number of pyridine rings is 2. The molecule has 0 atom stereocenters. The Balaban J connectivity index is 1.82. The van der Waals surface area contributed by atoms with Gasteiger partial charge in [0.05, 0.1) is 5.56 Å². The number of aromatic nitrogens is 3. The van der Waals surface area contributed by atoms with Gasteiger partial charge in [-0.05, 0) is 48.9 Å². The largest absolute Gasteiger partial charge is 0.344 e. The van der Waals surface area contributed by atoms with Crippen LogP contribution in [0.4, 0.5) is 0 Å². The van der Waals surface area contributed by atoms with Crippen LogP contribution in [0.5, 0.6) is 0 Å². The van der Waals surface area contributed by atoms with Crippen LogP contribution >= 0.6 is 11.8 Å². The molecule has 3 aromatic rings. The lowest BCUT2D eigenvalue weighted by molar-refractivity contribution is 0.0989. The minimum atomic E-state index is 0.0881. The Kier molecular flexibility index (Phi) is 4.76. The monoisotopic (exact) mass is 325 g/mol. The van der Waals surface area contributed by atoms with Crippen molar-refractivity contribution in [2.45, 2.75) is 31.7 Å². The van der Waals surface area contributed by atoms with Crippen molar-refractivity contribution in [3.05, 3.63) is 53.5 Å². The fourth-order valence-electron chi connectivity index (χ4n) is 2.49. The molecule has 3 heterocycles. The Morgan fingerprint density at radius 2 is 2.17 bits per heavy atom. The molecule has 0 unspecified atom stereocenters. The smallest absolute Gasteiger partial charge is 0.170 e. The number of ketones is 1. The number of nitrogens with one attached hydrogen (secondary N) is 1. The molecule has 5 heteroatoms. The van der Waals surface area contributed by atoms with Gasteiger partial charge in [-0.3, -0.25) is 4.79 Å². The number of fused-ring (bicyclic) bond motifs is 1. The van der Waals surface area contributed by atoms with Gasteiger partial charge >= 0.3 is 0 Å². The first-order chi connectivity index (χ1) is 11.2. The van der Waals surface area contributed by atoms with E-state index in [1.165, 1.54) is 0 Å². The zero-order chi connectivity index (χ0) is 16.2. The number of H-pyrrole nitrogens is 1. The van der Waals surface area contributed by atoms with E-state index in [1.54, 1.807) is 24.2 Å². The van der Waals surface area contributed by atoms with Crippen LogP contribution in [-0.2, 0) is 6.42 Å². The molecule has 0 radical (unpaired) electrons. The average molecular weight is 325 g/mol. The first-order valence-electron chi connectivity index (χ1n) is 7.72. The molecule has 4 nitrogen and oxygen atoms in total. The van der Waals surface area contributed by atoms with Gasteiger partial charge in [0, 0.05) is 29.9 Å². The van der Waals surface area contributed by atoms with E-state index in [-0.39, 0.29) is 5.78 Å². The molecular formula is C18H19N3OS. The normalized spacial score (nSPS) is 11.0. The molecule has 0 aromatic carbocycles. The second kappa shape index (κ2) is 6.96. The van der Waals surface area contributed by atoms with E-state index in [9.17, 15) is 4.79 Å². The van der Waals surface area contributed by atoms with Crippen LogP contribution in [-0.4, -0.2) is 26.5 Å². The topological polar surface area (TPSA) is 58.6 Å². The summed E-state index contributed by atoms with van der Waals surface area (Å²) in [6, 6.07) is 7.75. The Morgan fingerprint density at radius 3 is 3.00 bits per heavy atom. The summed E-state index contributed by atoms with van der Waals surface area (Å²) >= 11 is 1.64. The van der Waals surface area contributed by atoms with Crippen molar-refractivity contribution in [2.24, 2.45) is 0 Å². The third-order valence-corrected chi connectivity index (χ3v) is 4.75. The molecule has 0 fully saturated rings. The first-order valence-corrected chi connectivity index (χ1v) is 8.71. The number of hydrogen-bond donors (Lipinski definition) is 1. The Hall–Kier alpha value is -2.14. The number of carbonyl (C=O) groups is 1. The second-order valence-corrected chi connectivity index (χ2v) is 6.62. The van der Waals surface area contributed by atoms with E-state index >= 15 is 0 Å². The summed E-state index contributed by atoms with van der Waals surface area (Å²) in [5, 5.41) is 1.87. The lowest BCUT2D eigenvalue weighted by Crippen LogP contribution is -2.06. The summed E-state index contributed by atoms with van der Waals surface area (Å²) in [4.78, 5) is 24.6. The van der Waals surface area contributed by atoms with Crippen molar-refractivity contribution in [3.63, 3.8) is 0 Å². The van der Waals surface area contributed by atoms with Crippen molar-refractivity contribution >= 4 is 28.6 Å². The van der Waals surface area contributed by atoms with Gasteiger partial charge in [0.1, 0.15) is 10.7 Å². The van der Waals surface area contributed by atoms with Gasteiger partial charge < -0.3 is 4.98 Å². The zero-order valence-electron chi connectivity index (χ0n) is 13.3. The molecular weight excluding hydrogens is 306 g/mol. The lowest BCUT2D eigenvalue weighted by Gasteiger charge is -2.07. The van der Waals surface area contributed by atoms with Gasteiger partial charge in [0.25, 0.3) is 0 Å². The minimum absolute atomic E-state index is 0.0881. The highest BCUT2D eigenvalue weighted by Gasteiger charge is 2.14. The van der Waals surface area contributed by atoms with Crippen molar-refractivity contribution in [1.29, 1.82) is 0 Å². The molecule has 0 bridgehead atoms. The molecule has 118 valence electrons. The quantitative estimate of drug-likeness (QED) is 0.545. The number of carbonyl (C=O) groups excluding carboxylic acids is 1. The van der Waals surface area contributed by atoms with Crippen LogP contribution in [0.2, 0.25) is 0 Å². The van der Waals surface area contributed by atoms with Crippen LogP contribution in [0.3, 0.4) is 0 Å². The lowest BCUT2D eigenvalue weighted by atomic mass is 10.1. The van der Waals surface area contributed by atoms with Gasteiger partial charge in [-0.1, -0.05) is 6.92 Å². The van der Waals surface area contributed by atoms with Gasteiger partial charge in [-0.2, -0.15) is 0 Å². The molecule has 0 aliphatic heterocycles. The summed E-state index contributed by atoms with van der Waals surface area (Å²) in [5.41, 5.74) is 3.56. The third kappa shape index (κ3) is 3.62. The molecule has 23 heavy (non-hydrogen) atoms. The van der Waals surface area contributed by atoms with Crippen LogP contribution in [0.15, 0.2) is 41.7 Å². The van der Waals surface area contributed by atoms with Gasteiger partial charge in [0.2, 0.25) is 0 Å². The number of aromatic amines is 1. The van der Waals surface area contributed by atoms with Crippen LogP contribution < -0.4 is 0 Å². The molecule has 0 aliphatic rings. The Morgan fingerprint density at radius 1 is 1.30 bits per heavy atom. The number of aryl methyl sites for hydroxylation is 1. The molecule has 0 spiro atoms. The molecule has 0 aliphatic carbocycles. The highest BCUT2D eigenvalue weighted by molar-refractivity contribution is 7.99. The maximum Gasteiger partial charge on any atom is 0.170 e. The fraction of sp³-hybridized carbons (Fsp3) is 0.278.